The zero-order chi connectivity index (χ0) is 19.6. The lowest BCUT2D eigenvalue weighted by atomic mass is 9.69. The molecule has 0 aromatic carbocycles. The molecular weight excluding hydrogens is 340 g/mol. The number of Topliss-reactive ketones (excluding diaryl/α,β-unsaturated/α-hetero) is 1. The highest BCUT2D eigenvalue weighted by Crippen LogP contribution is 2.45. The van der Waals surface area contributed by atoms with Gasteiger partial charge in [-0.25, -0.2) is 0 Å². The van der Waals surface area contributed by atoms with Crippen molar-refractivity contribution in [1.29, 1.82) is 0 Å². The lowest BCUT2D eigenvalue weighted by molar-refractivity contribution is -0.318. The highest BCUT2D eigenvalue weighted by molar-refractivity contribution is 5.75. The van der Waals surface area contributed by atoms with Crippen LogP contribution in [0.15, 0.2) is 11.1 Å². The van der Waals surface area contributed by atoms with E-state index in [2.05, 4.69) is 6.92 Å². The molecule has 6 atom stereocenters. The van der Waals surface area contributed by atoms with E-state index >= 15 is 0 Å². The topological polar surface area (TPSA) is 116 Å². The summed E-state index contributed by atoms with van der Waals surface area (Å²) in [6, 6.07) is 0. The number of carbonyl (C=O) groups excluding carboxylic acids is 1. The van der Waals surface area contributed by atoms with Crippen molar-refractivity contribution in [2.75, 3.05) is 6.61 Å². The van der Waals surface area contributed by atoms with Gasteiger partial charge in [-0.15, -0.1) is 0 Å². The first-order chi connectivity index (χ1) is 12.1. The number of aliphatic hydroxyl groups is 4. The third-order valence-electron chi connectivity index (χ3n) is 5.75. The van der Waals surface area contributed by atoms with Gasteiger partial charge in [0.2, 0.25) is 0 Å². The molecule has 1 aliphatic heterocycles. The van der Waals surface area contributed by atoms with E-state index in [4.69, 9.17) is 9.47 Å². The van der Waals surface area contributed by atoms with Crippen LogP contribution in [0.5, 0.6) is 0 Å². The average molecular weight is 372 g/mol. The molecular formula is C19H32O7. The van der Waals surface area contributed by atoms with E-state index in [0.29, 0.717) is 12.8 Å². The smallest absolute Gasteiger partial charge is 0.187 e. The first kappa shape index (κ1) is 21.5. The molecule has 150 valence electrons. The second-order valence-electron chi connectivity index (χ2n) is 8.04. The number of allylic oxidation sites excluding steroid dienone is 1. The number of aliphatic hydroxyl groups excluding tert-OH is 4. The quantitative estimate of drug-likeness (QED) is 0.507. The van der Waals surface area contributed by atoms with Crippen molar-refractivity contribution in [3.63, 3.8) is 0 Å². The number of hydrogen-bond acceptors (Lipinski definition) is 7. The molecule has 0 saturated carbocycles. The van der Waals surface area contributed by atoms with Crippen LogP contribution in [0.2, 0.25) is 0 Å². The van der Waals surface area contributed by atoms with Gasteiger partial charge in [0.25, 0.3) is 0 Å². The van der Waals surface area contributed by atoms with Gasteiger partial charge >= 0.3 is 0 Å². The summed E-state index contributed by atoms with van der Waals surface area (Å²) in [5.41, 5.74) is 2.06. The summed E-state index contributed by atoms with van der Waals surface area (Å²) in [6.45, 7) is 7.25. The molecule has 26 heavy (non-hydrogen) atoms. The van der Waals surface area contributed by atoms with E-state index in [1.165, 1.54) is 11.1 Å². The molecule has 1 heterocycles. The highest BCUT2D eigenvalue weighted by Gasteiger charge is 2.47. The molecule has 7 nitrogen and oxygen atoms in total. The third kappa shape index (κ3) is 4.35. The van der Waals surface area contributed by atoms with E-state index in [1.54, 1.807) is 6.92 Å². The molecule has 0 bridgehead atoms. The van der Waals surface area contributed by atoms with E-state index in [9.17, 15) is 25.2 Å². The average Bonchev–Trinajstić information content (AvgIpc) is 2.56. The largest absolute Gasteiger partial charge is 0.394 e. The van der Waals surface area contributed by atoms with Crippen LogP contribution in [0.4, 0.5) is 0 Å². The van der Waals surface area contributed by atoms with Gasteiger partial charge in [0.1, 0.15) is 30.2 Å². The molecule has 1 aliphatic carbocycles. The second-order valence-corrected chi connectivity index (χ2v) is 8.04. The molecule has 0 aromatic rings. The Kier molecular flexibility index (Phi) is 6.98. The molecule has 2 rings (SSSR count). The van der Waals surface area contributed by atoms with Crippen molar-refractivity contribution < 1.29 is 34.7 Å². The fourth-order valence-electron chi connectivity index (χ4n) is 4.02. The van der Waals surface area contributed by atoms with E-state index < -0.39 is 37.3 Å². The monoisotopic (exact) mass is 372 g/mol. The molecule has 7 heteroatoms. The maximum atomic E-state index is 11.4. The molecule has 0 aromatic heterocycles. The van der Waals surface area contributed by atoms with Crippen LogP contribution in [0, 0.1) is 5.41 Å². The Labute approximate surface area is 154 Å². The van der Waals surface area contributed by atoms with Gasteiger partial charge in [-0.2, -0.15) is 0 Å². The van der Waals surface area contributed by atoms with Crippen LogP contribution < -0.4 is 0 Å². The predicted octanol–water partition coefficient (Wildman–Crippen LogP) is 0.677. The van der Waals surface area contributed by atoms with E-state index in [0.717, 1.165) is 12.8 Å². The van der Waals surface area contributed by atoms with Crippen LogP contribution in [-0.4, -0.2) is 69.6 Å². The van der Waals surface area contributed by atoms with E-state index in [1.807, 2.05) is 13.8 Å². The Bertz CT molecular complexity index is 540. The van der Waals surface area contributed by atoms with Gasteiger partial charge < -0.3 is 34.7 Å². The minimum Gasteiger partial charge on any atom is -0.394 e. The molecule has 0 spiro atoms. The summed E-state index contributed by atoms with van der Waals surface area (Å²) in [5, 5.41) is 39.4. The molecule has 0 radical (unpaired) electrons. The van der Waals surface area contributed by atoms with Crippen LogP contribution in [0.3, 0.4) is 0 Å². The highest BCUT2D eigenvalue weighted by atomic mass is 16.7. The minimum atomic E-state index is -1.45. The Balaban J connectivity index is 2.14. The fraction of sp³-hybridized carbons (Fsp3) is 0.842. The summed E-state index contributed by atoms with van der Waals surface area (Å²) in [6.07, 6.45) is -3.98. The maximum absolute atomic E-state index is 11.4. The van der Waals surface area contributed by atoms with Crippen molar-refractivity contribution in [1.82, 2.24) is 0 Å². The zero-order valence-electron chi connectivity index (χ0n) is 16.0. The number of carbonyl (C=O) groups is 1. The Morgan fingerprint density at radius 1 is 1.23 bits per heavy atom. The first-order valence-corrected chi connectivity index (χ1v) is 9.24. The van der Waals surface area contributed by atoms with Crippen molar-refractivity contribution in [3.05, 3.63) is 11.1 Å². The van der Waals surface area contributed by atoms with Crippen molar-refractivity contribution in [3.8, 4) is 0 Å². The Hall–Kier alpha value is -0.830. The summed E-state index contributed by atoms with van der Waals surface area (Å²) >= 11 is 0. The van der Waals surface area contributed by atoms with Crippen molar-refractivity contribution in [2.24, 2.45) is 5.41 Å². The second kappa shape index (κ2) is 8.46. The lowest BCUT2D eigenvalue weighted by Gasteiger charge is -2.46. The summed E-state index contributed by atoms with van der Waals surface area (Å²) in [7, 11) is 0. The van der Waals surface area contributed by atoms with Crippen LogP contribution in [-0.2, 0) is 14.3 Å². The summed E-state index contributed by atoms with van der Waals surface area (Å²) in [5.74, 6) is 0.137. The molecule has 2 aliphatic rings. The zero-order valence-corrected chi connectivity index (χ0v) is 16.0. The van der Waals surface area contributed by atoms with Crippen LogP contribution >= 0.6 is 0 Å². The normalized spacial score (nSPS) is 37.7. The number of hydrogen-bond donors (Lipinski definition) is 4. The van der Waals surface area contributed by atoms with Crippen LogP contribution in [0.1, 0.15) is 53.4 Å². The lowest BCUT2D eigenvalue weighted by Crippen LogP contribution is -2.60. The number of ketones is 1. The predicted molar refractivity (Wildman–Crippen MR) is 94.3 cm³/mol. The molecule has 1 fully saturated rings. The van der Waals surface area contributed by atoms with Crippen molar-refractivity contribution in [2.45, 2.75) is 90.2 Å². The van der Waals surface area contributed by atoms with Crippen molar-refractivity contribution >= 4 is 5.78 Å². The van der Waals surface area contributed by atoms with Gasteiger partial charge in [-0.1, -0.05) is 25.0 Å². The molecule has 0 amide bonds. The first-order valence-electron chi connectivity index (χ1n) is 9.24. The summed E-state index contributed by atoms with van der Waals surface area (Å²) in [4.78, 5) is 11.4. The Morgan fingerprint density at radius 3 is 2.46 bits per heavy atom. The third-order valence-corrected chi connectivity index (χ3v) is 5.75. The molecule has 1 saturated heterocycles. The van der Waals surface area contributed by atoms with E-state index in [-0.39, 0.29) is 17.3 Å². The standard InChI is InChI=1S/C19H32O7/c1-10-5-8-14(19(3,4)12(10)7-6-11(2)21)26-18-17(24)16(23)15(22)13(9-20)25-18/h13-18,20,22-24H,5-9H2,1-4H3/t13-,14-,15-,16+,17-,18+/m1/s1. The van der Waals surface area contributed by atoms with Crippen LogP contribution in [0.25, 0.3) is 0 Å². The fourth-order valence-corrected chi connectivity index (χ4v) is 4.02. The minimum absolute atomic E-state index is 0.137. The van der Waals surface area contributed by atoms with Gasteiger partial charge in [-0.05, 0) is 33.1 Å². The molecule has 0 unspecified atom stereocenters. The summed E-state index contributed by atoms with van der Waals surface area (Å²) < 4.78 is 11.5. The van der Waals surface area contributed by atoms with Gasteiger partial charge in [0.15, 0.2) is 6.29 Å². The number of ether oxygens (including phenoxy) is 2. The van der Waals surface area contributed by atoms with Gasteiger partial charge in [0.05, 0.1) is 12.7 Å². The molecule has 4 N–H and O–H groups in total. The van der Waals surface area contributed by atoms with Gasteiger partial charge in [0, 0.05) is 11.8 Å². The maximum Gasteiger partial charge on any atom is 0.187 e. The Morgan fingerprint density at radius 2 is 1.88 bits per heavy atom. The number of rotatable bonds is 6. The van der Waals surface area contributed by atoms with Gasteiger partial charge in [-0.3, -0.25) is 0 Å². The SMILES string of the molecule is CC(=O)CCC1=C(C)CC[C@@H](O[C@@H]2O[C@H](CO)[C@@H](O)[C@H](O)[C@H]2O)C1(C)C.